The number of alkyl carbamates (subject to hydrolysis) is 1. The van der Waals surface area contributed by atoms with Crippen LogP contribution in [0.5, 0.6) is 0 Å². The minimum atomic E-state index is -0.336. The predicted molar refractivity (Wildman–Crippen MR) is 59.4 cm³/mol. The topological polar surface area (TPSA) is 38.3 Å². The molecule has 0 aliphatic carbocycles. The molecule has 0 radical (unpaired) electrons. The highest BCUT2D eigenvalue weighted by Crippen LogP contribution is 1.96. The molecule has 0 saturated heterocycles. The Hall–Kier alpha value is 0.600. The molecule has 60 valence electrons. The fourth-order valence-corrected chi connectivity index (χ4v) is 2.58. The van der Waals surface area contributed by atoms with Crippen molar-refractivity contribution in [2.24, 2.45) is 0 Å². The molecule has 0 bridgehead atoms. The average molecular weight is 369 g/mol. The maximum Gasteiger partial charge on any atom is 0.406 e. The number of carbonyl (C=O) groups is 1. The molecule has 5 heteroatoms. The minimum absolute atomic E-state index is 0.147. The Balaban J connectivity index is 3.11. The first-order valence-corrected chi connectivity index (χ1v) is 6.67. The van der Waals surface area contributed by atoms with Gasteiger partial charge in [-0.1, -0.05) is 0 Å². The summed E-state index contributed by atoms with van der Waals surface area (Å²) in [5.74, 6) is 0. The molecule has 1 N–H and O–H groups in total. The van der Waals surface area contributed by atoms with Crippen molar-refractivity contribution in [1.29, 1.82) is 0 Å². The van der Waals surface area contributed by atoms with E-state index >= 15 is 0 Å². The molecule has 0 fully saturated rings. The molecular formula is C5H9I2NO2. The highest BCUT2D eigenvalue weighted by atomic mass is 127. The van der Waals surface area contributed by atoms with E-state index in [1.807, 2.05) is 0 Å². The molecule has 0 aromatic carbocycles. The number of hydrogen-bond donors (Lipinski definition) is 1. The van der Waals surface area contributed by atoms with Crippen LogP contribution in [0, 0.1) is 0 Å². The molecule has 0 aromatic rings. The summed E-state index contributed by atoms with van der Waals surface area (Å²) >= 11 is 2.37. The summed E-state index contributed by atoms with van der Waals surface area (Å²) < 4.78 is 7.89. The molecule has 0 atom stereocenters. The molecule has 10 heavy (non-hydrogen) atoms. The van der Waals surface area contributed by atoms with Crippen LogP contribution < -0.4 is 5.32 Å². The van der Waals surface area contributed by atoms with Crippen LogP contribution >= 0.6 is 43.3 Å². The summed E-state index contributed by atoms with van der Waals surface area (Å²) in [6, 6.07) is 0. The van der Waals surface area contributed by atoms with Crippen molar-refractivity contribution in [3.63, 3.8) is 0 Å². The van der Waals surface area contributed by atoms with E-state index < -0.39 is 0 Å². The Bertz CT molecular complexity index is 127. The van der Waals surface area contributed by atoms with E-state index in [9.17, 15) is 4.79 Å². The quantitative estimate of drug-likeness (QED) is 0.466. The first-order chi connectivity index (χ1) is 4.81. The number of rotatable bonds is 3. The van der Waals surface area contributed by atoms with E-state index in [0.29, 0.717) is 6.61 Å². The zero-order valence-electron chi connectivity index (χ0n) is 5.56. The number of halogens is 2. The van der Waals surface area contributed by atoms with Crippen molar-refractivity contribution in [2.75, 3.05) is 18.1 Å². The highest BCUT2D eigenvalue weighted by molar-refractivity contribution is 14.2. The highest BCUT2D eigenvalue weighted by Gasteiger charge is 1.93. The zero-order valence-corrected chi connectivity index (χ0v) is 9.88. The average Bonchev–Trinajstić information content (AvgIpc) is 1.98. The van der Waals surface area contributed by atoms with Gasteiger partial charge < -0.3 is 10.1 Å². The number of carbonyl (C=O) groups excluding carboxylic acids is 1. The van der Waals surface area contributed by atoms with Crippen LogP contribution in [0.3, 0.4) is 0 Å². The second kappa shape index (κ2) is 7.70. The summed E-state index contributed by atoms with van der Waals surface area (Å²) in [5.41, 5.74) is 0. The van der Waals surface area contributed by atoms with Crippen LogP contribution in [-0.4, -0.2) is 26.2 Å². The molecule has 0 aliphatic heterocycles. The van der Waals surface area contributed by atoms with Gasteiger partial charge in [0, 0.05) is 13.5 Å². The van der Waals surface area contributed by atoms with E-state index in [4.69, 9.17) is 4.74 Å². The number of ether oxygens (including phenoxy) is 1. The van der Waals surface area contributed by atoms with E-state index in [1.54, 1.807) is 7.05 Å². The lowest BCUT2D eigenvalue weighted by Crippen LogP contribution is -2.19. The van der Waals surface area contributed by atoms with Gasteiger partial charge in [-0.15, -0.1) is 20.7 Å². The van der Waals surface area contributed by atoms with Gasteiger partial charge in [-0.05, 0) is 22.6 Å². The van der Waals surface area contributed by atoms with E-state index in [2.05, 4.69) is 29.9 Å². The third-order valence-corrected chi connectivity index (χ3v) is 4.31. The van der Waals surface area contributed by atoms with Gasteiger partial charge >= 0.3 is 6.09 Å². The molecule has 0 rings (SSSR count). The fraction of sp³-hybridized carbons (Fsp3) is 0.600. The van der Waals surface area contributed by atoms with Crippen molar-refractivity contribution in [2.45, 2.75) is 0 Å². The van der Waals surface area contributed by atoms with Gasteiger partial charge in [0.2, 0.25) is 0 Å². The monoisotopic (exact) mass is 369 g/mol. The van der Waals surface area contributed by atoms with Crippen molar-refractivity contribution in [3.05, 3.63) is 0 Å². The second-order valence-corrected chi connectivity index (χ2v) is 6.90. The van der Waals surface area contributed by atoms with Gasteiger partial charge in [0.1, 0.15) is 6.61 Å². The van der Waals surface area contributed by atoms with Gasteiger partial charge in [0.05, 0.1) is 0 Å². The normalized spacial score (nSPS) is 10.6. The summed E-state index contributed by atoms with van der Waals surface area (Å²) in [7, 11) is 1.56. The largest absolute Gasteiger partial charge is 0.449 e. The molecule has 0 aromatic heterocycles. The Kier molecular flexibility index (Phi) is 8.17. The Labute approximate surface area is 83.8 Å². The molecule has 0 spiro atoms. The van der Waals surface area contributed by atoms with Crippen LogP contribution in [0.25, 0.3) is 0 Å². The van der Waals surface area contributed by atoms with Crippen LogP contribution in [0.2, 0.25) is 0 Å². The predicted octanol–water partition coefficient (Wildman–Crippen LogP) is 1.51. The Morgan fingerprint density at radius 3 is 3.10 bits per heavy atom. The van der Waals surface area contributed by atoms with Gasteiger partial charge in [-0.2, -0.15) is 0 Å². The third-order valence-electron chi connectivity index (χ3n) is 0.682. The van der Waals surface area contributed by atoms with E-state index in [1.165, 1.54) is 0 Å². The number of alkyl halides is 1. The van der Waals surface area contributed by atoms with Crippen LogP contribution in [0.4, 0.5) is 4.79 Å². The van der Waals surface area contributed by atoms with Crippen molar-refractivity contribution in [3.8, 4) is 0 Å². The first-order valence-electron chi connectivity index (χ1n) is 2.65. The second-order valence-electron chi connectivity index (χ2n) is 1.31. The standard InChI is InChI=1S/C5H9I2NO2/c1-8-5(9)10-3-2-7-4-6/h4H,2-3H2,1H3,(H,8,9). The van der Waals surface area contributed by atoms with E-state index in [0.717, 1.165) is 4.43 Å². The Morgan fingerprint density at radius 1 is 1.90 bits per heavy atom. The molecule has 3 nitrogen and oxygen atoms in total. The molecule has 0 unspecified atom stereocenters. The lowest BCUT2D eigenvalue weighted by molar-refractivity contribution is 0.156. The van der Waals surface area contributed by atoms with Crippen LogP contribution in [0.15, 0.2) is 0 Å². The van der Waals surface area contributed by atoms with Gasteiger partial charge in [0.25, 0.3) is 0 Å². The van der Waals surface area contributed by atoms with Crippen molar-refractivity contribution >= 4 is 51.4 Å². The summed E-state index contributed by atoms with van der Waals surface area (Å²) in [4.78, 5) is 10.4. The summed E-state index contributed by atoms with van der Waals surface area (Å²) in [6.45, 7) is 0.548. The molecule has 0 heterocycles. The molecule has 1 amide bonds. The lowest BCUT2D eigenvalue weighted by Gasteiger charge is -1.99. The summed E-state index contributed by atoms with van der Waals surface area (Å²) in [6.07, 6.45) is -0.336. The molecule has 0 aliphatic rings. The van der Waals surface area contributed by atoms with Crippen molar-refractivity contribution in [1.82, 2.24) is 5.32 Å². The lowest BCUT2D eigenvalue weighted by atomic mass is 10.9. The number of nitrogens with one attached hydrogen (secondary N) is 1. The van der Waals surface area contributed by atoms with E-state index in [-0.39, 0.29) is 26.8 Å². The number of amides is 1. The van der Waals surface area contributed by atoms with Crippen LogP contribution in [-0.2, 0) is 4.74 Å². The SMILES string of the molecule is CNC(=O)OCCI=CI. The number of hydrogen-bond acceptors (Lipinski definition) is 2. The first kappa shape index (κ1) is 10.6. The van der Waals surface area contributed by atoms with Gasteiger partial charge in [-0.3, -0.25) is 0 Å². The Morgan fingerprint density at radius 2 is 2.60 bits per heavy atom. The zero-order chi connectivity index (χ0) is 7.82. The maximum absolute atomic E-state index is 10.4. The molecular weight excluding hydrogens is 360 g/mol. The maximum atomic E-state index is 10.4. The van der Waals surface area contributed by atoms with Crippen LogP contribution in [0.1, 0.15) is 0 Å². The summed E-state index contributed by atoms with van der Waals surface area (Å²) in [5, 5.41) is 2.38. The fourth-order valence-electron chi connectivity index (χ4n) is 0.289. The smallest absolute Gasteiger partial charge is 0.406 e. The minimum Gasteiger partial charge on any atom is -0.449 e. The third kappa shape index (κ3) is 6.72. The van der Waals surface area contributed by atoms with Gasteiger partial charge in [0.15, 0.2) is 0 Å². The van der Waals surface area contributed by atoms with Crippen molar-refractivity contribution < 1.29 is 9.53 Å². The van der Waals surface area contributed by atoms with Gasteiger partial charge in [-0.25, -0.2) is 4.79 Å². The molecule has 0 saturated carbocycles.